The number of nitrogens with zero attached hydrogens (tertiary/aromatic N) is 1. The van der Waals surface area contributed by atoms with Gasteiger partial charge in [0.05, 0.1) is 12.1 Å². The summed E-state index contributed by atoms with van der Waals surface area (Å²) >= 11 is 5.98. The van der Waals surface area contributed by atoms with E-state index in [1.807, 2.05) is 24.3 Å². The van der Waals surface area contributed by atoms with Crippen molar-refractivity contribution in [1.29, 1.82) is 0 Å². The van der Waals surface area contributed by atoms with Gasteiger partial charge >= 0.3 is 5.97 Å². The standard InChI is InChI=1S/C16H19ClN2O2/c1-11(4-3-9-21-12(2)20)19-15-7-8-18-16-10-13(17)5-6-14(15)16/h5-8,10-11H,3-4,9H2,1-2H3,(H,18,19)/t11-/m1/s1. The number of rotatable bonds is 6. The molecule has 0 bridgehead atoms. The molecule has 1 heterocycles. The number of benzene rings is 1. The lowest BCUT2D eigenvalue weighted by Crippen LogP contribution is -2.16. The van der Waals surface area contributed by atoms with E-state index in [0.29, 0.717) is 11.6 Å². The third-order valence-electron chi connectivity index (χ3n) is 3.19. The lowest BCUT2D eigenvalue weighted by atomic mass is 10.1. The summed E-state index contributed by atoms with van der Waals surface area (Å²) in [6.45, 7) is 4.00. The van der Waals surface area contributed by atoms with Gasteiger partial charge in [-0.25, -0.2) is 0 Å². The Kier molecular flexibility index (Phi) is 5.39. The Balaban J connectivity index is 1.97. The monoisotopic (exact) mass is 306 g/mol. The van der Waals surface area contributed by atoms with Crippen LogP contribution in [0, 0.1) is 0 Å². The topological polar surface area (TPSA) is 51.2 Å². The molecule has 2 aromatic rings. The van der Waals surface area contributed by atoms with Crippen LogP contribution in [0.25, 0.3) is 10.9 Å². The van der Waals surface area contributed by atoms with E-state index in [2.05, 4.69) is 17.2 Å². The average molecular weight is 307 g/mol. The minimum Gasteiger partial charge on any atom is -0.466 e. The first-order valence-corrected chi connectivity index (χ1v) is 7.38. The maximum Gasteiger partial charge on any atom is 0.302 e. The van der Waals surface area contributed by atoms with Gasteiger partial charge in [0.1, 0.15) is 0 Å². The smallest absolute Gasteiger partial charge is 0.302 e. The van der Waals surface area contributed by atoms with Gasteiger partial charge in [0.2, 0.25) is 0 Å². The summed E-state index contributed by atoms with van der Waals surface area (Å²) in [6.07, 6.45) is 3.53. The number of anilines is 1. The summed E-state index contributed by atoms with van der Waals surface area (Å²) in [5.74, 6) is -0.229. The van der Waals surface area contributed by atoms with Gasteiger partial charge in [-0.3, -0.25) is 9.78 Å². The van der Waals surface area contributed by atoms with Gasteiger partial charge in [-0.2, -0.15) is 0 Å². The zero-order valence-corrected chi connectivity index (χ0v) is 13.0. The largest absolute Gasteiger partial charge is 0.466 e. The molecule has 0 fully saturated rings. The number of hydrogen-bond acceptors (Lipinski definition) is 4. The number of pyridine rings is 1. The van der Waals surface area contributed by atoms with Crippen molar-refractivity contribution in [1.82, 2.24) is 4.98 Å². The fourth-order valence-electron chi connectivity index (χ4n) is 2.19. The van der Waals surface area contributed by atoms with Crippen molar-refractivity contribution >= 4 is 34.2 Å². The number of hydrogen-bond donors (Lipinski definition) is 1. The highest BCUT2D eigenvalue weighted by atomic mass is 35.5. The molecule has 0 aliphatic carbocycles. The van der Waals surface area contributed by atoms with Crippen molar-refractivity contribution < 1.29 is 9.53 Å². The summed E-state index contributed by atoms with van der Waals surface area (Å²) in [5, 5.41) is 5.20. The number of carbonyl (C=O) groups excluding carboxylic acids is 1. The minimum absolute atomic E-state index is 0.229. The molecule has 1 aromatic heterocycles. The van der Waals surface area contributed by atoms with Gasteiger partial charge in [0, 0.05) is 35.3 Å². The van der Waals surface area contributed by atoms with Crippen LogP contribution in [-0.4, -0.2) is 23.6 Å². The van der Waals surface area contributed by atoms with Crippen molar-refractivity contribution in [2.24, 2.45) is 0 Å². The summed E-state index contributed by atoms with van der Waals surface area (Å²) in [4.78, 5) is 15.0. The van der Waals surface area contributed by atoms with Crippen molar-refractivity contribution in [3.8, 4) is 0 Å². The molecule has 0 saturated carbocycles. The Morgan fingerprint density at radius 3 is 3.00 bits per heavy atom. The first-order chi connectivity index (χ1) is 10.1. The molecule has 112 valence electrons. The van der Waals surface area contributed by atoms with E-state index < -0.39 is 0 Å². The minimum atomic E-state index is -0.229. The van der Waals surface area contributed by atoms with Gasteiger partial charge < -0.3 is 10.1 Å². The lowest BCUT2D eigenvalue weighted by Gasteiger charge is -2.16. The number of esters is 1. The fraction of sp³-hybridized carbons (Fsp3) is 0.375. The molecule has 5 heteroatoms. The molecule has 21 heavy (non-hydrogen) atoms. The van der Waals surface area contributed by atoms with Gasteiger partial charge in [0.25, 0.3) is 0 Å². The number of ether oxygens (including phenoxy) is 1. The van der Waals surface area contributed by atoms with E-state index in [1.165, 1.54) is 6.92 Å². The lowest BCUT2D eigenvalue weighted by molar-refractivity contribution is -0.141. The molecule has 0 aliphatic rings. The molecule has 2 rings (SSSR count). The zero-order valence-electron chi connectivity index (χ0n) is 12.2. The van der Waals surface area contributed by atoms with Crippen LogP contribution in [0.15, 0.2) is 30.5 Å². The molecule has 0 unspecified atom stereocenters. The SMILES string of the molecule is CC(=O)OCCC[C@@H](C)Nc1ccnc2cc(Cl)ccc12. The van der Waals surface area contributed by atoms with Gasteiger partial charge in [0.15, 0.2) is 0 Å². The number of halogens is 1. The zero-order chi connectivity index (χ0) is 15.2. The summed E-state index contributed by atoms with van der Waals surface area (Å²) in [7, 11) is 0. The van der Waals surface area contributed by atoms with E-state index in [0.717, 1.165) is 29.4 Å². The average Bonchev–Trinajstić information content (AvgIpc) is 2.43. The molecule has 0 amide bonds. The predicted molar refractivity (Wildman–Crippen MR) is 85.7 cm³/mol. The van der Waals surface area contributed by atoms with Crippen molar-refractivity contribution in [3.63, 3.8) is 0 Å². The maximum atomic E-state index is 10.7. The van der Waals surface area contributed by atoms with E-state index in [9.17, 15) is 4.79 Å². The van der Waals surface area contributed by atoms with Gasteiger partial charge in [-0.1, -0.05) is 11.6 Å². The second kappa shape index (κ2) is 7.27. The predicted octanol–water partition coefficient (Wildman–Crippen LogP) is 4.03. The first-order valence-electron chi connectivity index (χ1n) is 7.00. The third-order valence-corrected chi connectivity index (χ3v) is 3.43. The molecule has 4 nitrogen and oxygen atoms in total. The number of carbonyl (C=O) groups is 1. The molecule has 1 aromatic carbocycles. The number of nitrogens with one attached hydrogen (secondary N) is 1. The normalized spacial score (nSPS) is 12.1. The van der Waals surface area contributed by atoms with Crippen molar-refractivity contribution in [2.75, 3.05) is 11.9 Å². The first kappa shape index (κ1) is 15.6. The number of fused-ring (bicyclic) bond motifs is 1. The molecule has 0 aliphatic heterocycles. The molecule has 0 saturated heterocycles. The van der Waals surface area contributed by atoms with E-state index in [1.54, 1.807) is 6.20 Å². The highest BCUT2D eigenvalue weighted by Gasteiger charge is 2.07. The number of aromatic nitrogens is 1. The second-order valence-electron chi connectivity index (χ2n) is 5.05. The Morgan fingerprint density at radius 2 is 2.24 bits per heavy atom. The Morgan fingerprint density at radius 1 is 1.43 bits per heavy atom. The summed E-state index contributed by atoms with van der Waals surface area (Å²) in [5.41, 5.74) is 1.91. The summed E-state index contributed by atoms with van der Waals surface area (Å²) in [6, 6.07) is 7.93. The summed E-state index contributed by atoms with van der Waals surface area (Å²) < 4.78 is 4.93. The van der Waals surface area contributed by atoms with Gasteiger partial charge in [-0.05, 0) is 44.0 Å². The molecule has 1 atom stereocenters. The Bertz CT molecular complexity index is 631. The Hall–Kier alpha value is -1.81. The van der Waals surface area contributed by atoms with Crippen LogP contribution in [0.5, 0.6) is 0 Å². The molecule has 0 spiro atoms. The maximum absolute atomic E-state index is 10.7. The van der Waals surface area contributed by atoms with Crippen LogP contribution >= 0.6 is 11.6 Å². The quantitative estimate of drug-likeness (QED) is 0.646. The highest BCUT2D eigenvalue weighted by Crippen LogP contribution is 2.25. The molecular formula is C16H19ClN2O2. The fourth-order valence-corrected chi connectivity index (χ4v) is 2.36. The molecular weight excluding hydrogens is 288 g/mol. The van der Waals surface area contributed by atoms with Crippen LogP contribution in [0.1, 0.15) is 26.7 Å². The van der Waals surface area contributed by atoms with Crippen molar-refractivity contribution in [3.05, 3.63) is 35.5 Å². The van der Waals surface area contributed by atoms with Crippen LogP contribution in [0.2, 0.25) is 5.02 Å². The third kappa shape index (κ3) is 4.60. The molecule has 0 radical (unpaired) electrons. The van der Waals surface area contributed by atoms with E-state index >= 15 is 0 Å². The highest BCUT2D eigenvalue weighted by molar-refractivity contribution is 6.31. The van der Waals surface area contributed by atoms with Crippen LogP contribution < -0.4 is 5.32 Å². The second-order valence-corrected chi connectivity index (χ2v) is 5.48. The van der Waals surface area contributed by atoms with Crippen molar-refractivity contribution in [2.45, 2.75) is 32.7 Å². The van der Waals surface area contributed by atoms with Crippen LogP contribution in [0.4, 0.5) is 5.69 Å². The van der Waals surface area contributed by atoms with E-state index in [4.69, 9.17) is 16.3 Å². The molecule has 1 N–H and O–H groups in total. The van der Waals surface area contributed by atoms with Crippen LogP contribution in [-0.2, 0) is 9.53 Å². The van der Waals surface area contributed by atoms with Crippen LogP contribution in [0.3, 0.4) is 0 Å². The van der Waals surface area contributed by atoms with Gasteiger partial charge in [-0.15, -0.1) is 0 Å². The Labute approximate surface area is 129 Å². The van der Waals surface area contributed by atoms with E-state index in [-0.39, 0.29) is 12.0 Å².